The van der Waals surface area contributed by atoms with Crippen molar-refractivity contribution in [1.29, 1.82) is 5.26 Å². The van der Waals surface area contributed by atoms with Crippen molar-refractivity contribution in [3.63, 3.8) is 0 Å². The Bertz CT molecular complexity index is 1060. The van der Waals surface area contributed by atoms with E-state index in [1.165, 1.54) is 11.8 Å². The number of amides is 1. The Labute approximate surface area is 179 Å². The van der Waals surface area contributed by atoms with Gasteiger partial charge in [-0.15, -0.1) is 10.2 Å². The number of aryl methyl sites for hydroxylation is 1. The van der Waals surface area contributed by atoms with Gasteiger partial charge in [-0.25, -0.2) is 0 Å². The van der Waals surface area contributed by atoms with Crippen molar-refractivity contribution in [2.75, 3.05) is 5.75 Å². The van der Waals surface area contributed by atoms with E-state index in [0.29, 0.717) is 23.8 Å². The molecule has 2 heterocycles. The van der Waals surface area contributed by atoms with Gasteiger partial charge in [0.2, 0.25) is 5.91 Å². The Balaban J connectivity index is 1.56. The number of carbonyl (C=O) groups is 1. The molecule has 2 aromatic heterocycles. The first-order chi connectivity index (χ1) is 14.6. The second kappa shape index (κ2) is 8.76. The molecule has 0 atom stereocenters. The molecule has 0 unspecified atom stereocenters. The Morgan fingerprint density at radius 2 is 2.00 bits per heavy atom. The van der Waals surface area contributed by atoms with E-state index < -0.39 is 5.54 Å². The molecule has 8 heteroatoms. The van der Waals surface area contributed by atoms with Crippen LogP contribution in [-0.4, -0.2) is 32.0 Å². The predicted molar refractivity (Wildman–Crippen MR) is 114 cm³/mol. The zero-order chi connectivity index (χ0) is 21.0. The zero-order valence-electron chi connectivity index (χ0n) is 16.8. The van der Waals surface area contributed by atoms with Crippen LogP contribution in [0.15, 0.2) is 52.2 Å². The summed E-state index contributed by atoms with van der Waals surface area (Å²) in [4.78, 5) is 12.6. The topological polar surface area (TPSA) is 96.7 Å². The molecule has 1 aliphatic rings. The van der Waals surface area contributed by atoms with Gasteiger partial charge in [0.15, 0.2) is 11.0 Å². The number of nitriles is 1. The van der Waals surface area contributed by atoms with E-state index in [0.717, 1.165) is 36.3 Å². The number of nitrogens with one attached hydrogen (secondary N) is 1. The third-order valence-electron chi connectivity index (χ3n) is 5.38. The van der Waals surface area contributed by atoms with Crippen molar-refractivity contribution >= 4 is 17.7 Å². The summed E-state index contributed by atoms with van der Waals surface area (Å²) >= 11 is 1.31. The van der Waals surface area contributed by atoms with Gasteiger partial charge in [-0.05, 0) is 38.0 Å². The molecule has 1 saturated carbocycles. The van der Waals surface area contributed by atoms with Crippen LogP contribution in [0, 0.1) is 18.3 Å². The number of nitrogens with zero attached hydrogens (tertiary/aromatic N) is 4. The molecule has 30 heavy (non-hydrogen) atoms. The number of hydrogen-bond acceptors (Lipinski definition) is 6. The summed E-state index contributed by atoms with van der Waals surface area (Å²) in [6.07, 6.45) is 6.10. The second-order valence-corrected chi connectivity index (χ2v) is 8.40. The third kappa shape index (κ3) is 4.12. The Morgan fingerprint density at radius 1 is 1.23 bits per heavy atom. The average Bonchev–Trinajstić information content (AvgIpc) is 3.39. The van der Waals surface area contributed by atoms with Crippen molar-refractivity contribution in [3.8, 4) is 23.1 Å². The van der Waals surface area contributed by atoms with Crippen LogP contribution in [-0.2, 0) is 4.79 Å². The Kier molecular flexibility index (Phi) is 5.91. The summed E-state index contributed by atoms with van der Waals surface area (Å²) in [5.41, 5.74) is 1.03. The summed E-state index contributed by atoms with van der Waals surface area (Å²) in [5, 5.41) is 21.9. The molecular formula is C22H23N5O2S. The number of aromatic nitrogens is 3. The first kappa shape index (κ1) is 20.2. The van der Waals surface area contributed by atoms with Crippen molar-refractivity contribution in [2.45, 2.75) is 49.7 Å². The van der Waals surface area contributed by atoms with Gasteiger partial charge in [-0.3, -0.25) is 9.36 Å². The Morgan fingerprint density at radius 3 is 2.67 bits per heavy atom. The van der Waals surface area contributed by atoms with Crippen LogP contribution in [0.4, 0.5) is 0 Å². The highest BCUT2D eigenvalue weighted by molar-refractivity contribution is 7.99. The van der Waals surface area contributed by atoms with Crippen molar-refractivity contribution in [1.82, 2.24) is 20.1 Å². The number of para-hydroxylation sites is 1. The van der Waals surface area contributed by atoms with Crippen LogP contribution < -0.4 is 5.32 Å². The standard InChI is InChI=1S/C22H23N5O2S/c1-16-18(10-13-29-16)20-25-26-21(27(20)17-8-4-2-5-9-17)30-14-19(28)24-22(15-23)11-6-3-7-12-22/h2,4-5,8-10,13H,3,6-7,11-12,14H2,1H3,(H,24,28). The summed E-state index contributed by atoms with van der Waals surface area (Å²) < 4.78 is 7.37. The maximum atomic E-state index is 12.6. The van der Waals surface area contributed by atoms with Crippen molar-refractivity contribution < 1.29 is 9.21 Å². The summed E-state index contributed by atoms with van der Waals surface area (Å²) in [7, 11) is 0. The van der Waals surface area contributed by atoms with Gasteiger partial charge in [-0.1, -0.05) is 49.2 Å². The summed E-state index contributed by atoms with van der Waals surface area (Å²) in [6.45, 7) is 1.88. The summed E-state index contributed by atoms with van der Waals surface area (Å²) in [6, 6.07) is 14.0. The van der Waals surface area contributed by atoms with E-state index in [1.807, 2.05) is 47.9 Å². The molecule has 7 nitrogen and oxygen atoms in total. The number of thioether (sulfide) groups is 1. The molecule has 0 spiro atoms. The van der Waals surface area contributed by atoms with E-state index in [1.54, 1.807) is 6.26 Å². The van der Waals surface area contributed by atoms with Crippen LogP contribution in [0.1, 0.15) is 37.9 Å². The maximum absolute atomic E-state index is 12.6. The minimum absolute atomic E-state index is 0.160. The highest BCUT2D eigenvalue weighted by atomic mass is 32.2. The SMILES string of the molecule is Cc1occc1-c1nnc(SCC(=O)NC2(C#N)CCCCC2)n1-c1ccccc1. The molecule has 4 rings (SSSR count). The minimum Gasteiger partial charge on any atom is -0.469 e. The number of furan rings is 1. The lowest BCUT2D eigenvalue weighted by atomic mass is 9.83. The van der Waals surface area contributed by atoms with E-state index >= 15 is 0 Å². The van der Waals surface area contributed by atoms with Gasteiger partial charge >= 0.3 is 0 Å². The van der Waals surface area contributed by atoms with E-state index in [4.69, 9.17) is 4.42 Å². The van der Waals surface area contributed by atoms with Crippen LogP contribution in [0.25, 0.3) is 17.1 Å². The normalized spacial score (nSPS) is 15.5. The minimum atomic E-state index is -0.734. The number of hydrogen-bond donors (Lipinski definition) is 1. The molecule has 1 amide bonds. The van der Waals surface area contributed by atoms with Crippen LogP contribution >= 0.6 is 11.8 Å². The first-order valence-corrected chi connectivity index (χ1v) is 11.0. The lowest BCUT2D eigenvalue weighted by Crippen LogP contribution is -2.49. The van der Waals surface area contributed by atoms with Gasteiger partial charge in [0.25, 0.3) is 0 Å². The van der Waals surface area contributed by atoms with Crippen LogP contribution in [0.5, 0.6) is 0 Å². The molecule has 0 radical (unpaired) electrons. The molecule has 0 bridgehead atoms. The fourth-order valence-corrected chi connectivity index (χ4v) is 4.57. The highest BCUT2D eigenvalue weighted by Crippen LogP contribution is 2.31. The number of benzene rings is 1. The van der Waals surface area contributed by atoms with E-state index in [-0.39, 0.29) is 11.7 Å². The molecule has 0 saturated heterocycles. The average molecular weight is 422 g/mol. The molecule has 154 valence electrons. The monoisotopic (exact) mass is 421 g/mol. The molecule has 1 fully saturated rings. The zero-order valence-corrected chi connectivity index (χ0v) is 17.6. The molecule has 1 N–H and O–H groups in total. The second-order valence-electron chi connectivity index (χ2n) is 7.46. The molecule has 1 aliphatic carbocycles. The van der Waals surface area contributed by atoms with Gasteiger partial charge < -0.3 is 9.73 Å². The first-order valence-electron chi connectivity index (χ1n) is 10.0. The number of rotatable bonds is 6. The fraction of sp³-hybridized carbons (Fsp3) is 0.364. The van der Waals surface area contributed by atoms with Gasteiger partial charge in [0, 0.05) is 5.69 Å². The lowest BCUT2D eigenvalue weighted by Gasteiger charge is -2.31. The number of carbonyl (C=O) groups excluding carboxylic acids is 1. The molecule has 3 aromatic rings. The van der Waals surface area contributed by atoms with Gasteiger partial charge in [-0.2, -0.15) is 5.26 Å². The molecule has 1 aromatic carbocycles. The summed E-state index contributed by atoms with van der Waals surface area (Å²) in [5.74, 6) is 1.42. The quantitative estimate of drug-likeness (QED) is 0.597. The highest BCUT2D eigenvalue weighted by Gasteiger charge is 2.33. The largest absolute Gasteiger partial charge is 0.469 e. The van der Waals surface area contributed by atoms with Crippen LogP contribution in [0.3, 0.4) is 0 Å². The maximum Gasteiger partial charge on any atom is 0.231 e. The van der Waals surface area contributed by atoms with E-state index in [2.05, 4.69) is 21.6 Å². The van der Waals surface area contributed by atoms with Gasteiger partial charge in [0.05, 0.1) is 23.6 Å². The predicted octanol–water partition coefficient (Wildman–Crippen LogP) is 4.27. The third-order valence-corrected chi connectivity index (χ3v) is 6.31. The smallest absolute Gasteiger partial charge is 0.231 e. The fourth-order valence-electron chi connectivity index (χ4n) is 3.82. The molecule has 0 aliphatic heterocycles. The van der Waals surface area contributed by atoms with Crippen molar-refractivity contribution in [2.24, 2.45) is 0 Å². The molecular weight excluding hydrogens is 398 g/mol. The van der Waals surface area contributed by atoms with Gasteiger partial charge in [0.1, 0.15) is 11.3 Å². The van der Waals surface area contributed by atoms with E-state index in [9.17, 15) is 10.1 Å². The van der Waals surface area contributed by atoms with Crippen molar-refractivity contribution in [3.05, 3.63) is 48.4 Å². The lowest BCUT2D eigenvalue weighted by molar-refractivity contribution is -0.120. The van der Waals surface area contributed by atoms with Crippen LogP contribution in [0.2, 0.25) is 0 Å². The Hall–Kier alpha value is -3.05.